The van der Waals surface area contributed by atoms with Crippen molar-refractivity contribution in [3.63, 3.8) is 0 Å². The van der Waals surface area contributed by atoms with Gasteiger partial charge in [-0.25, -0.2) is 14.2 Å². The first-order valence-corrected chi connectivity index (χ1v) is 13.2. The molecule has 2 aromatic carbocycles. The van der Waals surface area contributed by atoms with E-state index in [2.05, 4.69) is 16.0 Å². The maximum absolute atomic E-state index is 14.5. The zero-order chi connectivity index (χ0) is 25.7. The molecule has 1 unspecified atom stereocenters. The smallest absolute Gasteiger partial charge is 0.415 e. The Balaban J connectivity index is 1.66. The lowest BCUT2D eigenvalue weighted by Crippen LogP contribution is -2.46. The number of amides is 5. The van der Waals surface area contributed by atoms with Gasteiger partial charge in [0.2, 0.25) is 5.91 Å². The summed E-state index contributed by atoms with van der Waals surface area (Å²) in [6, 6.07) is 10.6. The summed E-state index contributed by atoms with van der Waals surface area (Å²) in [6.45, 7) is 1.17. The Bertz CT molecular complexity index is 1120. The van der Waals surface area contributed by atoms with E-state index in [1.165, 1.54) is 12.1 Å². The number of nitrogens with two attached hydrogens (primary N) is 2. The Morgan fingerprint density at radius 3 is 2.00 bits per heavy atom. The number of carbonyl (C=O) groups is 3. The van der Waals surface area contributed by atoms with Crippen molar-refractivity contribution in [2.24, 2.45) is 11.5 Å². The lowest BCUT2D eigenvalue weighted by Gasteiger charge is -2.32. The molecular weight excluding hydrogens is 487 g/mol. The lowest BCUT2D eigenvalue weighted by atomic mass is 10.2. The van der Waals surface area contributed by atoms with Crippen molar-refractivity contribution in [1.82, 2.24) is 10.2 Å². The van der Waals surface area contributed by atoms with Crippen molar-refractivity contribution >= 4 is 36.9 Å². The molecule has 0 radical (unpaired) electrons. The Kier molecular flexibility index (Phi) is 7.66. The van der Waals surface area contributed by atoms with Gasteiger partial charge in [-0.1, -0.05) is 12.1 Å². The number of nitrogens with zero attached hydrogens (tertiary/aromatic N) is 1. The first-order valence-electron chi connectivity index (χ1n) is 11.6. The zero-order valence-electron chi connectivity index (χ0n) is 19.5. The van der Waals surface area contributed by atoms with Gasteiger partial charge in [0, 0.05) is 30.1 Å². The standard InChI is InChI=1S/C23H29N6O6P/c24-22(31)27-15-5-1-7-17(13-15)34-36(33,35-18-8-2-6-16(14-18)28-23(25)32)20-10-4-12-29(20)21(30)19-9-3-11-26-19/h1-2,5-8,13-14,19-20,26H,3-4,9-12H2,(H3,24,27,31)(H3,25,28,32)/t19-,20?/m0/s1. The normalized spacial score (nSPS) is 19.5. The number of benzene rings is 2. The molecule has 2 atom stereocenters. The molecule has 0 spiro atoms. The van der Waals surface area contributed by atoms with Gasteiger partial charge in [0.25, 0.3) is 0 Å². The van der Waals surface area contributed by atoms with Gasteiger partial charge in [-0.15, -0.1) is 0 Å². The van der Waals surface area contributed by atoms with Gasteiger partial charge in [0.15, 0.2) is 5.78 Å². The maximum atomic E-state index is 14.5. The predicted octanol–water partition coefficient (Wildman–Crippen LogP) is 3.02. The average Bonchev–Trinajstić information content (AvgIpc) is 3.51. The number of hydrogen-bond donors (Lipinski definition) is 5. The molecule has 2 heterocycles. The monoisotopic (exact) mass is 516 g/mol. The lowest BCUT2D eigenvalue weighted by molar-refractivity contribution is -0.132. The van der Waals surface area contributed by atoms with Crippen LogP contribution in [0.4, 0.5) is 21.0 Å². The van der Waals surface area contributed by atoms with E-state index in [9.17, 15) is 18.9 Å². The minimum absolute atomic E-state index is 0.143. The van der Waals surface area contributed by atoms with Gasteiger partial charge in [-0.05, 0) is 56.5 Å². The van der Waals surface area contributed by atoms with E-state index >= 15 is 0 Å². The van der Waals surface area contributed by atoms with Crippen LogP contribution in [0.3, 0.4) is 0 Å². The molecule has 0 bridgehead atoms. The van der Waals surface area contributed by atoms with E-state index in [-0.39, 0.29) is 23.4 Å². The van der Waals surface area contributed by atoms with Crippen LogP contribution >= 0.6 is 7.60 Å². The fraction of sp³-hybridized carbons (Fsp3) is 0.348. The van der Waals surface area contributed by atoms with Crippen LogP contribution in [-0.2, 0) is 9.36 Å². The molecule has 13 heteroatoms. The molecule has 2 fully saturated rings. The molecule has 2 aromatic rings. The van der Waals surface area contributed by atoms with Crippen LogP contribution in [0.1, 0.15) is 25.7 Å². The van der Waals surface area contributed by atoms with Gasteiger partial charge in [0.1, 0.15) is 11.5 Å². The Morgan fingerprint density at radius 2 is 1.50 bits per heavy atom. The fourth-order valence-electron chi connectivity index (χ4n) is 4.41. The summed E-state index contributed by atoms with van der Waals surface area (Å²) in [5.74, 6) is -0.660. The third-order valence-corrected chi connectivity index (χ3v) is 8.09. The summed E-state index contributed by atoms with van der Waals surface area (Å²) >= 11 is 0. The molecule has 2 aliphatic heterocycles. The van der Waals surface area contributed by atoms with E-state index in [0.29, 0.717) is 37.2 Å². The minimum Gasteiger partial charge on any atom is -0.415 e. The highest BCUT2D eigenvalue weighted by atomic mass is 31.2. The van der Waals surface area contributed by atoms with Crippen molar-refractivity contribution in [3.05, 3.63) is 48.5 Å². The van der Waals surface area contributed by atoms with Crippen LogP contribution in [0.2, 0.25) is 0 Å². The topological polar surface area (TPSA) is 178 Å². The van der Waals surface area contributed by atoms with Gasteiger partial charge in [-0.2, -0.15) is 0 Å². The van der Waals surface area contributed by atoms with Crippen molar-refractivity contribution in [3.8, 4) is 11.5 Å². The van der Waals surface area contributed by atoms with Crippen LogP contribution in [0, 0.1) is 0 Å². The number of urea groups is 2. The highest BCUT2D eigenvalue weighted by molar-refractivity contribution is 7.55. The van der Waals surface area contributed by atoms with Crippen molar-refractivity contribution in [2.45, 2.75) is 37.5 Å². The Hall–Kier alpha value is -3.76. The molecule has 7 N–H and O–H groups in total. The van der Waals surface area contributed by atoms with Gasteiger partial charge in [-0.3, -0.25) is 4.79 Å². The molecule has 4 rings (SSSR count). The second-order valence-electron chi connectivity index (χ2n) is 8.56. The van der Waals surface area contributed by atoms with Gasteiger partial charge in [0.05, 0.1) is 6.04 Å². The Labute approximate surface area is 208 Å². The summed E-state index contributed by atoms with van der Waals surface area (Å²) < 4.78 is 26.5. The quantitative estimate of drug-likeness (QED) is 0.335. The molecule has 2 aliphatic rings. The zero-order valence-corrected chi connectivity index (χ0v) is 20.4. The van der Waals surface area contributed by atoms with Crippen LogP contribution in [-0.4, -0.2) is 47.8 Å². The molecule has 2 saturated heterocycles. The van der Waals surface area contributed by atoms with Crippen molar-refractivity contribution < 1.29 is 28.0 Å². The SMILES string of the molecule is NC(=O)Nc1cccc(OP(=O)(Oc2cccc(NC(N)=O)c2)C2CCCN2C(=O)[C@@H]2CCCN2)c1. The van der Waals surface area contributed by atoms with Gasteiger partial charge < -0.3 is 41.4 Å². The first kappa shape index (κ1) is 25.3. The number of likely N-dealkylation sites (tertiary alicyclic amines) is 1. The molecule has 0 saturated carbocycles. The maximum Gasteiger partial charge on any atom is 0.453 e. The average molecular weight is 516 g/mol. The van der Waals surface area contributed by atoms with Crippen LogP contribution in [0.5, 0.6) is 11.5 Å². The Morgan fingerprint density at radius 1 is 0.917 bits per heavy atom. The summed E-state index contributed by atoms with van der Waals surface area (Å²) in [7, 11) is -4.08. The highest BCUT2D eigenvalue weighted by Crippen LogP contribution is 2.57. The second kappa shape index (κ2) is 10.9. The minimum atomic E-state index is -4.08. The van der Waals surface area contributed by atoms with Crippen LogP contribution in [0.25, 0.3) is 0 Å². The number of rotatable bonds is 8. The molecule has 192 valence electrons. The van der Waals surface area contributed by atoms with Gasteiger partial charge >= 0.3 is 19.7 Å². The molecule has 36 heavy (non-hydrogen) atoms. The number of nitrogens with one attached hydrogen (secondary N) is 3. The third kappa shape index (κ3) is 6.07. The number of anilines is 2. The summed E-state index contributed by atoms with van der Waals surface area (Å²) in [5, 5.41) is 8.08. The largest absolute Gasteiger partial charge is 0.453 e. The third-order valence-electron chi connectivity index (χ3n) is 5.90. The van der Waals surface area contributed by atoms with Crippen molar-refractivity contribution in [1.29, 1.82) is 0 Å². The van der Waals surface area contributed by atoms with E-state index in [1.54, 1.807) is 41.3 Å². The molecule has 0 aliphatic carbocycles. The first-order chi connectivity index (χ1) is 17.2. The van der Waals surface area contributed by atoms with E-state index in [1.807, 2.05) is 0 Å². The number of carbonyl (C=O) groups excluding carboxylic acids is 3. The van der Waals surface area contributed by atoms with Crippen LogP contribution < -0.4 is 36.5 Å². The number of hydrogen-bond acceptors (Lipinski definition) is 7. The summed E-state index contributed by atoms with van der Waals surface area (Å²) in [6.07, 6.45) is 2.63. The van der Waals surface area contributed by atoms with Crippen molar-refractivity contribution in [2.75, 3.05) is 23.7 Å². The molecular formula is C23H29N6O6P. The van der Waals surface area contributed by atoms with E-state index < -0.39 is 25.4 Å². The number of primary amides is 2. The second-order valence-corrected chi connectivity index (χ2v) is 10.6. The van der Waals surface area contributed by atoms with E-state index in [0.717, 1.165) is 13.0 Å². The molecule has 5 amide bonds. The summed E-state index contributed by atoms with van der Waals surface area (Å²) in [5.41, 5.74) is 11.1. The summed E-state index contributed by atoms with van der Waals surface area (Å²) in [4.78, 5) is 37.4. The molecule has 0 aromatic heterocycles. The molecule has 12 nitrogen and oxygen atoms in total. The highest BCUT2D eigenvalue weighted by Gasteiger charge is 2.49. The fourth-order valence-corrected chi connectivity index (χ4v) is 6.58. The van der Waals surface area contributed by atoms with E-state index in [4.69, 9.17) is 20.5 Å². The predicted molar refractivity (Wildman–Crippen MR) is 134 cm³/mol. The van der Waals surface area contributed by atoms with Crippen LogP contribution in [0.15, 0.2) is 48.5 Å².